The molecule has 4 rings (SSSR count). The second-order valence-electron chi connectivity index (χ2n) is 12.7. The summed E-state index contributed by atoms with van der Waals surface area (Å²) in [5.74, 6) is 1.25. The van der Waals surface area contributed by atoms with Gasteiger partial charge < -0.3 is 10.1 Å². The number of alkyl halides is 1. The van der Waals surface area contributed by atoms with E-state index in [1.165, 1.54) is 29.0 Å². The summed E-state index contributed by atoms with van der Waals surface area (Å²) in [6, 6.07) is 39.5. The van der Waals surface area contributed by atoms with Gasteiger partial charge in [-0.3, -0.25) is 4.79 Å². The SMILES string of the molecule is CCC(C)CCC(C)C(I)COC(=O)c1ccc(NC(=O)CCCC(C[PH+](c2ccccc2)c2ccccc2)c2ccccc2)cc1. The molecule has 0 spiro atoms. The van der Waals surface area contributed by atoms with Crippen LogP contribution in [0.3, 0.4) is 0 Å². The predicted octanol–water partition coefficient (Wildman–Crippen LogP) is 9.87. The molecule has 0 fully saturated rings. The zero-order valence-corrected chi connectivity index (χ0v) is 31.2. The summed E-state index contributed by atoms with van der Waals surface area (Å²) in [6.07, 6.45) is 6.78. The van der Waals surface area contributed by atoms with Gasteiger partial charge in [0.15, 0.2) is 0 Å². The third-order valence-corrected chi connectivity index (χ3v) is 13.7. The van der Waals surface area contributed by atoms with Gasteiger partial charge in [-0.05, 0) is 85.2 Å². The zero-order chi connectivity index (χ0) is 33.4. The van der Waals surface area contributed by atoms with Crippen molar-refractivity contribution >= 4 is 58.7 Å². The smallest absolute Gasteiger partial charge is 0.338 e. The number of ether oxygens (including phenoxy) is 1. The molecule has 4 nitrogen and oxygen atoms in total. The van der Waals surface area contributed by atoms with Gasteiger partial charge in [-0.2, -0.15) is 0 Å². The van der Waals surface area contributed by atoms with Crippen molar-refractivity contribution < 1.29 is 14.3 Å². The Hall–Kier alpha value is -3.02. The van der Waals surface area contributed by atoms with E-state index in [0.29, 0.717) is 36.1 Å². The average molecular weight is 763 g/mol. The first-order valence-corrected chi connectivity index (χ1v) is 20.0. The van der Waals surface area contributed by atoms with Crippen LogP contribution in [0, 0.1) is 11.8 Å². The van der Waals surface area contributed by atoms with Crippen molar-refractivity contribution in [1.29, 1.82) is 0 Å². The number of amides is 1. The van der Waals surface area contributed by atoms with Crippen molar-refractivity contribution in [3.8, 4) is 0 Å². The summed E-state index contributed by atoms with van der Waals surface area (Å²) < 4.78 is 5.91. The molecule has 0 aliphatic carbocycles. The molecule has 0 saturated heterocycles. The van der Waals surface area contributed by atoms with Crippen molar-refractivity contribution in [3.05, 3.63) is 126 Å². The van der Waals surface area contributed by atoms with Gasteiger partial charge in [0, 0.05) is 22.0 Å². The predicted molar refractivity (Wildman–Crippen MR) is 209 cm³/mol. The van der Waals surface area contributed by atoms with Gasteiger partial charge in [-0.15, -0.1) is 0 Å². The fourth-order valence-corrected chi connectivity index (χ4v) is 9.26. The molecule has 248 valence electrons. The molecule has 0 bridgehead atoms. The van der Waals surface area contributed by atoms with Gasteiger partial charge in [-0.25, -0.2) is 4.79 Å². The molecule has 1 amide bonds. The summed E-state index contributed by atoms with van der Waals surface area (Å²) in [5.41, 5.74) is 2.52. The summed E-state index contributed by atoms with van der Waals surface area (Å²) in [7, 11) is -1.01. The number of benzene rings is 4. The highest BCUT2D eigenvalue weighted by molar-refractivity contribution is 14.1. The quantitative estimate of drug-likeness (QED) is 0.0476. The van der Waals surface area contributed by atoms with Crippen LogP contribution in [0.5, 0.6) is 0 Å². The van der Waals surface area contributed by atoms with Crippen molar-refractivity contribution in [3.63, 3.8) is 0 Å². The minimum Gasteiger partial charge on any atom is -0.461 e. The second kappa shape index (κ2) is 19.7. The van der Waals surface area contributed by atoms with Crippen LogP contribution in [0.1, 0.15) is 81.1 Å². The van der Waals surface area contributed by atoms with Crippen molar-refractivity contribution in [2.24, 2.45) is 11.8 Å². The number of rotatable bonds is 18. The number of hydrogen-bond donors (Lipinski definition) is 1. The number of halogens is 1. The average Bonchev–Trinajstić information content (AvgIpc) is 3.12. The molecule has 0 radical (unpaired) electrons. The Bertz CT molecular complexity index is 1440. The molecular weight excluding hydrogens is 712 g/mol. The van der Waals surface area contributed by atoms with Crippen LogP contribution in [-0.4, -0.2) is 28.6 Å². The van der Waals surface area contributed by atoms with Gasteiger partial charge in [0.1, 0.15) is 6.61 Å². The maximum atomic E-state index is 13.0. The lowest BCUT2D eigenvalue weighted by atomic mass is 9.95. The van der Waals surface area contributed by atoms with E-state index in [9.17, 15) is 9.59 Å². The van der Waals surface area contributed by atoms with Gasteiger partial charge in [0.05, 0.1) is 30.3 Å². The zero-order valence-electron chi connectivity index (χ0n) is 28.0. The molecule has 4 aromatic rings. The lowest BCUT2D eigenvalue weighted by Gasteiger charge is -2.20. The lowest BCUT2D eigenvalue weighted by Crippen LogP contribution is -2.21. The van der Waals surface area contributed by atoms with Gasteiger partial charge in [-0.1, -0.05) is 123 Å². The van der Waals surface area contributed by atoms with Crippen molar-refractivity contribution in [1.82, 2.24) is 0 Å². The Labute approximate surface area is 297 Å². The van der Waals surface area contributed by atoms with E-state index in [0.717, 1.165) is 31.3 Å². The van der Waals surface area contributed by atoms with Crippen LogP contribution in [0.2, 0.25) is 0 Å². The van der Waals surface area contributed by atoms with E-state index in [4.69, 9.17) is 4.74 Å². The first-order valence-electron chi connectivity index (χ1n) is 17.1. The molecule has 1 N–H and O–H groups in total. The van der Waals surface area contributed by atoms with E-state index < -0.39 is 7.92 Å². The maximum absolute atomic E-state index is 13.0. The highest BCUT2D eigenvalue weighted by Gasteiger charge is 2.28. The van der Waals surface area contributed by atoms with E-state index in [1.54, 1.807) is 24.3 Å². The molecule has 0 aromatic heterocycles. The van der Waals surface area contributed by atoms with Gasteiger partial charge >= 0.3 is 5.97 Å². The summed E-state index contributed by atoms with van der Waals surface area (Å²) in [5, 5.41) is 5.85. The van der Waals surface area contributed by atoms with Crippen LogP contribution in [0.15, 0.2) is 115 Å². The molecule has 0 aliphatic heterocycles. The Balaban J connectivity index is 1.29. The topological polar surface area (TPSA) is 55.4 Å². The molecule has 4 atom stereocenters. The molecule has 0 saturated carbocycles. The third kappa shape index (κ3) is 12.2. The van der Waals surface area contributed by atoms with Gasteiger partial charge in [0.2, 0.25) is 5.91 Å². The second-order valence-corrected chi connectivity index (χ2v) is 16.8. The molecule has 0 aliphatic rings. The van der Waals surface area contributed by atoms with E-state index in [1.807, 2.05) is 0 Å². The summed E-state index contributed by atoms with van der Waals surface area (Å²) >= 11 is 2.40. The summed E-state index contributed by atoms with van der Waals surface area (Å²) in [4.78, 5) is 25.7. The van der Waals surface area contributed by atoms with Crippen LogP contribution in [0.4, 0.5) is 5.69 Å². The lowest BCUT2D eigenvalue weighted by molar-refractivity contribution is -0.116. The molecule has 47 heavy (non-hydrogen) atoms. The van der Waals surface area contributed by atoms with E-state index in [2.05, 4.69) is 140 Å². The highest BCUT2D eigenvalue weighted by Crippen LogP contribution is 2.40. The van der Waals surface area contributed by atoms with Crippen LogP contribution >= 0.6 is 30.5 Å². The Morgan fingerprint density at radius 3 is 1.91 bits per heavy atom. The molecule has 4 aromatic carbocycles. The van der Waals surface area contributed by atoms with Crippen LogP contribution in [0.25, 0.3) is 0 Å². The molecule has 4 unspecified atom stereocenters. The normalized spacial score (nSPS) is 13.8. The van der Waals surface area contributed by atoms with Crippen LogP contribution < -0.4 is 15.9 Å². The minimum absolute atomic E-state index is 0.0112. The van der Waals surface area contributed by atoms with Crippen LogP contribution in [-0.2, 0) is 9.53 Å². The van der Waals surface area contributed by atoms with Gasteiger partial charge in [0.25, 0.3) is 0 Å². The number of carbonyl (C=O) groups is 2. The highest BCUT2D eigenvalue weighted by atomic mass is 127. The Morgan fingerprint density at radius 2 is 1.34 bits per heavy atom. The number of hydrogen-bond acceptors (Lipinski definition) is 3. The molecular formula is C41H50INO3P+. The first kappa shape index (κ1) is 36.8. The van der Waals surface area contributed by atoms with E-state index >= 15 is 0 Å². The fourth-order valence-electron chi connectivity index (χ4n) is 5.80. The Kier molecular flexibility index (Phi) is 15.4. The molecule has 0 heterocycles. The first-order chi connectivity index (χ1) is 22.8. The summed E-state index contributed by atoms with van der Waals surface area (Å²) in [6.45, 7) is 7.16. The van der Waals surface area contributed by atoms with E-state index in [-0.39, 0.29) is 15.8 Å². The third-order valence-electron chi connectivity index (χ3n) is 9.13. The number of esters is 1. The Morgan fingerprint density at radius 1 is 0.766 bits per heavy atom. The monoisotopic (exact) mass is 762 g/mol. The van der Waals surface area contributed by atoms with Crippen molar-refractivity contribution in [2.75, 3.05) is 18.1 Å². The largest absolute Gasteiger partial charge is 0.461 e. The number of anilines is 1. The number of nitrogens with one attached hydrogen (secondary N) is 1. The maximum Gasteiger partial charge on any atom is 0.338 e. The van der Waals surface area contributed by atoms with Crippen molar-refractivity contribution in [2.45, 2.75) is 69.1 Å². The molecule has 6 heteroatoms. The fraction of sp³-hybridized carbons (Fsp3) is 0.366. The standard InChI is InChI=1S/C41H49INO3P/c1-4-31(2)23-24-32(3)39(42)29-46-41(45)34-25-27-36(28-26-34)43-40(44)22-14-17-35(33-15-8-5-9-16-33)30-47(37-18-10-6-11-19-37)38-20-12-7-13-21-38/h5-13,15-16,18-21,25-28,31-32,35,39H,4,14,17,22-24,29-30H2,1-3H3,(H,43,44)/p+1. The number of carbonyl (C=O) groups excluding carboxylic acids is 2. The minimum atomic E-state index is -1.01.